The topological polar surface area (TPSA) is 99.4 Å². The SMILES string of the molecule is COC(=O)[C@H](CCCCC#N)NC(=O)CO. The number of amides is 1. The molecule has 0 aliphatic heterocycles. The summed E-state index contributed by atoms with van der Waals surface area (Å²) in [5.74, 6) is -1.16. The summed E-state index contributed by atoms with van der Waals surface area (Å²) in [5.41, 5.74) is 0. The summed E-state index contributed by atoms with van der Waals surface area (Å²) >= 11 is 0. The van der Waals surface area contributed by atoms with Crippen molar-refractivity contribution in [2.24, 2.45) is 0 Å². The van der Waals surface area contributed by atoms with E-state index in [1.54, 1.807) is 0 Å². The van der Waals surface area contributed by atoms with Crippen LogP contribution in [0.15, 0.2) is 0 Å². The van der Waals surface area contributed by atoms with Crippen LogP contribution in [0.1, 0.15) is 25.7 Å². The van der Waals surface area contributed by atoms with Gasteiger partial charge < -0.3 is 15.2 Å². The maximum Gasteiger partial charge on any atom is 0.328 e. The van der Waals surface area contributed by atoms with E-state index in [1.165, 1.54) is 7.11 Å². The van der Waals surface area contributed by atoms with Gasteiger partial charge >= 0.3 is 5.97 Å². The predicted octanol–water partition coefficient (Wildman–Crippen LogP) is -0.280. The molecule has 6 heteroatoms. The molecule has 0 unspecified atom stereocenters. The Kier molecular flexibility index (Phi) is 7.81. The van der Waals surface area contributed by atoms with Crippen molar-refractivity contribution in [3.05, 3.63) is 0 Å². The molecule has 0 spiro atoms. The van der Waals surface area contributed by atoms with Gasteiger partial charge in [-0.05, 0) is 19.3 Å². The summed E-state index contributed by atoms with van der Waals surface area (Å²) in [6.45, 7) is -0.661. The fraction of sp³-hybridized carbons (Fsp3) is 0.700. The highest BCUT2D eigenvalue weighted by atomic mass is 16.5. The van der Waals surface area contributed by atoms with Gasteiger partial charge in [0, 0.05) is 6.42 Å². The molecule has 1 atom stereocenters. The van der Waals surface area contributed by atoms with Crippen LogP contribution in [0.4, 0.5) is 0 Å². The van der Waals surface area contributed by atoms with Gasteiger partial charge in [-0.2, -0.15) is 5.26 Å². The van der Waals surface area contributed by atoms with Crippen LogP contribution in [0, 0.1) is 11.3 Å². The van der Waals surface area contributed by atoms with Crippen LogP contribution in [-0.4, -0.2) is 36.7 Å². The van der Waals surface area contributed by atoms with Gasteiger partial charge in [0.05, 0.1) is 13.2 Å². The third-order valence-corrected chi connectivity index (χ3v) is 2.00. The molecule has 0 rings (SSSR count). The molecule has 0 aromatic rings. The van der Waals surface area contributed by atoms with Gasteiger partial charge in [-0.15, -0.1) is 0 Å². The Hall–Kier alpha value is -1.61. The minimum Gasteiger partial charge on any atom is -0.467 e. The third kappa shape index (κ3) is 5.98. The molecule has 16 heavy (non-hydrogen) atoms. The molecule has 0 fully saturated rings. The highest BCUT2D eigenvalue weighted by molar-refractivity contribution is 5.84. The first-order valence-electron chi connectivity index (χ1n) is 5.00. The Morgan fingerprint density at radius 3 is 2.69 bits per heavy atom. The van der Waals surface area contributed by atoms with Gasteiger partial charge in [-0.3, -0.25) is 4.79 Å². The lowest BCUT2D eigenvalue weighted by Gasteiger charge is -2.15. The zero-order valence-corrected chi connectivity index (χ0v) is 9.23. The van der Waals surface area contributed by atoms with E-state index >= 15 is 0 Å². The minimum absolute atomic E-state index is 0.403. The van der Waals surface area contributed by atoms with Crippen molar-refractivity contribution < 1.29 is 19.4 Å². The Bertz CT molecular complexity index is 272. The summed E-state index contributed by atoms with van der Waals surface area (Å²) in [4.78, 5) is 22.2. The predicted molar refractivity (Wildman–Crippen MR) is 55.1 cm³/mol. The second-order valence-electron chi connectivity index (χ2n) is 3.21. The van der Waals surface area contributed by atoms with Gasteiger partial charge in [0.15, 0.2) is 0 Å². The van der Waals surface area contributed by atoms with Crippen LogP contribution in [0.2, 0.25) is 0 Å². The Balaban J connectivity index is 4.06. The summed E-state index contributed by atoms with van der Waals surface area (Å²) in [5, 5.41) is 19.2. The quantitative estimate of drug-likeness (QED) is 0.461. The van der Waals surface area contributed by atoms with E-state index in [0.29, 0.717) is 25.7 Å². The van der Waals surface area contributed by atoms with E-state index in [9.17, 15) is 9.59 Å². The number of rotatable bonds is 7. The average Bonchev–Trinajstić information content (AvgIpc) is 2.31. The van der Waals surface area contributed by atoms with Gasteiger partial charge in [-0.1, -0.05) is 0 Å². The van der Waals surface area contributed by atoms with Gasteiger partial charge in [0.2, 0.25) is 5.91 Å². The molecule has 0 aliphatic rings. The smallest absolute Gasteiger partial charge is 0.328 e. The molecule has 2 N–H and O–H groups in total. The zero-order chi connectivity index (χ0) is 12.4. The number of hydrogen-bond donors (Lipinski definition) is 2. The lowest BCUT2D eigenvalue weighted by molar-refractivity contribution is -0.145. The molecule has 6 nitrogen and oxygen atoms in total. The molecule has 0 aliphatic carbocycles. The number of carbonyl (C=O) groups excluding carboxylic acids is 2. The zero-order valence-electron chi connectivity index (χ0n) is 9.23. The second kappa shape index (κ2) is 8.68. The fourth-order valence-corrected chi connectivity index (χ4v) is 1.18. The van der Waals surface area contributed by atoms with Crippen LogP contribution in [-0.2, 0) is 14.3 Å². The van der Waals surface area contributed by atoms with Crippen LogP contribution in [0.5, 0.6) is 0 Å². The Morgan fingerprint density at radius 1 is 1.50 bits per heavy atom. The molecule has 0 aromatic heterocycles. The monoisotopic (exact) mass is 228 g/mol. The van der Waals surface area contributed by atoms with Crippen molar-refractivity contribution >= 4 is 11.9 Å². The Morgan fingerprint density at radius 2 is 2.19 bits per heavy atom. The number of nitrogens with zero attached hydrogens (tertiary/aromatic N) is 1. The number of hydrogen-bond acceptors (Lipinski definition) is 5. The number of unbranched alkanes of at least 4 members (excludes halogenated alkanes) is 2. The van der Waals surface area contributed by atoms with Gasteiger partial charge in [0.25, 0.3) is 0 Å². The van der Waals surface area contributed by atoms with E-state index in [2.05, 4.69) is 10.1 Å². The van der Waals surface area contributed by atoms with Gasteiger partial charge in [0.1, 0.15) is 12.6 Å². The standard InChI is InChI=1S/C10H16N2O4/c1-16-10(15)8(12-9(14)7-13)5-3-2-4-6-11/h8,13H,2-5,7H2,1H3,(H,12,14)/t8-/m0/s1. The highest BCUT2D eigenvalue weighted by Gasteiger charge is 2.20. The van der Waals surface area contributed by atoms with Gasteiger partial charge in [-0.25, -0.2) is 4.79 Å². The first-order chi connectivity index (χ1) is 7.65. The molecule has 0 saturated heterocycles. The van der Waals surface area contributed by atoms with Crippen molar-refractivity contribution in [1.29, 1.82) is 5.26 Å². The van der Waals surface area contributed by atoms with E-state index in [0.717, 1.165) is 0 Å². The third-order valence-electron chi connectivity index (χ3n) is 2.00. The van der Waals surface area contributed by atoms with Crippen LogP contribution < -0.4 is 5.32 Å². The largest absolute Gasteiger partial charge is 0.467 e. The molecular formula is C10H16N2O4. The number of nitrogens with one attached hydrogen (secondary N) is 1. The van der Waals surface area contributed by atoms with Crippen LogP contribution in [0.25, 0.3) is 0 Å². The molecule has 0 aromatic carbocycles. The number of carbonyl (C=O) groups is 2. The second-order valence-corrected chi connectivity index (χ2v) is 3.21. The fourth-order valence-electron chi connectivity index (χ4n) is 1.18. The van der Waals surface area contributed by atoms with Crippen molar-refractivity contribution in [2.75, 3.05) is 13.7 Å². The first-order valence-corrected chi connectivity index (χ1v) is 5.00. The van der Waals surface area contributed by atoms with Crippen molar-refractivity contribution in [1.82, 2.24) is 5.32 Å². The number of aliphatic hydroxyl groups is 1. The molecule has 0 radical (unpaired) electrons. The first kappa shape index (κ1) is 14.4. The van der Waals surface area contributed by atoms with Crippen LogP contribution >= 0.6 is 0 Å². The molecular weight excluding hydrogens is 212 g/mol. The Labute approximate surface area is 94.2 Å². The molecule has 0 heterocycles. The maximum absolute atomic E-state index is 11.2. The molecule has 90 valence electrons. The number of esters is 1. The van der Waals surface area contributed by atoms with E-state index in [4.69, 9.17) is 10.4 Å². The lowest BCUT2D eigenvalue weighted by Crippen LogP contribution is -2.42. The normalized spacial score (nSPS) is 11.3. The average molecular weight is 228 g/mol. The summed E-state index contributed by atoms with van der Waals surface area (Å²) < 4.78 is 4.51. The molecule has 0 saturated carbocycles. The summed E-state index contributed by atoms with van der Waals surface area (Å²) in [6, 6.07) is 1.25. The van der Waals surface area contributed by atoms with E-state index in [-0.39, 0.29) is 0 Å². The number of ether oxygens (including phenoxy) is 1. The highest BCUT2D eigenvalue weighted by Crippen LogP contribution is 2.04. The van der Waals surface area contributed by atoms with Crippen molar-refractivity contribution in [3.8, 4) is 6.07 Å². The summed E-state index contributed by atoms with van der Waals surface area (Å²) in [6.07, 6.45) is 2.12. The number of methoxy groups -OCH3 is 1. The van der Waals surface area contributed by atoms with E-state index in [1.807, 2.05) is 6.07 Å². The molecule has 0 bridgehead atoms. The van der Waals surface area contributed by atoms with E-state index < -0.39 is 24.5 Å². The van der Waals surface area contributed by atoms with Crippen molar-refractivity contribution in [2.45, 2.75) is 31.7 Å². The summed E-state index contributed by atoms with van der Waals surface area (Å²) in [7, 11) is 1.23. The number of aliphatic hydroxyl groups excluding tert-OH is 1. The van der Waals surface area contributed by atoms with Crippen LogP contribution in [0.3, 0.4) is 0 Å². The maximum atomic E-state index is 11.2. The number of nitriles is 1. The minimum atomic E-state index is -0.747. The lowest BCUT2D eigenvalue weighted by atomic mass is 10.1. The molecule has 1 amide bonds. The van der Waals surface area contributed by atoms with Crippen molar-refractivity contribution in [3.63, 3.8) is 0 Å².